The number of anilines is 1. The van der Waals surface area contributed by atoms with Crippen molar-refractivity contribution in [3.8, 4) is 11.5 Å². The van der Waals surface area contributed by atoms with Crippen LogP contribution in [0.15, 0.2) is 36.4 Å². The fourth-order valence-electron chi connectivity index (χ4n) is 2.12. The molecule has 0 radical (unpaired) electrons. The number of pyridine rings is 1. The van der Waals surface area contributed by atoms with Crippen molar-refractivity contribution in [1.82, 2.24) is 4.98 Å². The van der Waals surface area contributed by atoms with E-state index < -0.39 is 12.6 Å². The number of hydrogen-bond acceptors (Lipinski definition) is 5. The van der Waals surface area contributed by atoms with Crippen LogP contribution in [0.25, 0.3) is 0 Å². The van der Waals surface area contributed by atoms with Gasteiger partial charge in [0.1, 0.15) is 5.82 Å². The minimum absolute atomic E-state index is 0.0642. The molecule has 0 amide bonds. The van der Waals surface area contributed by atoms with E-state index in [4.69, 9.17) is 9.84 Å². The molecule has 0 unspecified atom stereocenters. The highest BCUT2D eigenvalue weighted by molar-refractivity contribution is 5.85. The van der Waals surface area contributed by atoms with Crippen LogP contribution in [0.3, 0.4) is 0 Å². The molecule has 128 valence electrons. The lowest BCUT2D eigenvalue weighted by atomic mass is 10.2. The number of carboxylic acids is 1. The molecule has 0 aliphatic carbocycles. The largest absolute Gasteiger partial charge is 0.493 e. The number of benzene rings is 1. The first kappa shape index (κ1) is 17.5. The number of halogens is 2. The minimum Gasteiger partial charge on any atom is -0.493 e. The first-order valence-corrected chi connectivity index (χ1v) is 6.94. The van der Waals surface area contributed by atoms with Gasteiger partial charge in [-0.2, -0.15) is 8.78 Å². The molecule has 1 aromatic heterocycles. The van der Waals surface area contributed by atoms with Crippen LogP contribution in [-0.4, -0.2) is 36.8 Å². The van der Waals surface area contributed by atoms with Crippen molar-refractivity contribution in [2.45, 2.75) is 13.2 Å². The Bertz CT molecular complexity index is 725. The van der Waals surface area contributed by atoms with Gasteiger partial charge in [0.2, 0.25) is 0 Å². The van der Waals surface area contributed by atoms with Crippen molar-refractivity contribution >= 4 is 11.8 Å². The van der Waals surface area contributed by atoms with Crippen LogP contribution in [0, 0.1) is 0 Å². The van der Waals surface area contributed by atoms with Crippen molar-refractivity contribution in [1.29, 1.82) is 0 Å². The number of aromatic carboxylic acids is 1. The zero-order valence-corrected chi connectivity index (χ0v) is 13.1. The lowest BCUT2D eigenvalue weighted by Crippen LogP contribution is -2.19. The first-order chi connectivity index (χ1) is 11.4. The van der Waals surface area contributed by atoms with Gasteiger partial charge in [-0.3, -0.25) is 0 Å². The third-order valence-corrected chi connectivity index (χ3v) is 3.21. The Balaban J connectivity index is 2.20. The summed E-state index contributed by atoms with van der Waals surface area (Å²) in [4.78, 5) is 16.7. The number of alkyl halides is 2. The number of methoxy groups -OCH3 is 1. The van der Waals surface area contributed by atoms with Gasteiger partial charge in [0.15, 0.2) is 17.2 Å². The second kappa shape index (κ2) is 7.58. The van der Waals surface area contributed by atoms with Crippen LogP contribution in [0.2, 0.25) is 0 Å². The molecule has 0 bridgehead atoms. The lowest BCUT2D eigenvalue weighted by molar-refractivity contribution is -0.0512. The van der Waals surface area contributed by atoms with Crippen molar-refractivity contribution in [2.75, 3.05) is 19.1 Å². The summed E-state index contributed by atoms with van der Waals surface area (Å²) in [6.07, 6.45) is 0. The van der Waals surface area contributed by atoms with Crippen LogP contribution in [0.1, 0.15) is 16.1 Å². The van der Waals surface area contributed by atoms with E-state index in [-0.39, 0.29) is 17.2 Å². The van der Waals surface area contributed by atoms with E-state index in [0.717, 1.165) is 0 Å². The van der Waals surface area contributed by atoms with E-state index in [1.165, 1.54) is 25.3 Å². The highest BCUT2D eigenvalue weighted by Gasteiger charge is 2.13. The van der Waals surface area contributed by atoms with E-state index in [0.29, 0.717) is 17.9 Å². The van der Waals surface area contributed by atoms with Gasteiger partial charge >= 0.3 is 12.6 Å². The Morgan fingerprint density at radius 2 is 2.04 bits per heavy atom. The Morgan fingerprint density at radius 3 is 2.67 bits per heavy atom. The number of ether oxygens (including phenoxy) is 2. The van der Waals surface area contributed by atoms with Crippen molar-refractivity contribution in [3.63, 3.8) is 0 Å². The van der Waals surface area contributed by atoms with Crippen LogP contribution in [0.5, 0.6) is 11.5 Å². The summed E-state index contributed by atoms with van der Waals surface area (Å²) in [5.74, 6) is -0.539. The van der Waals surface area contributed by atoms with E-state index >= 15 is 0 Å². The van der Waals surface area contributed by atoms with Gasteiger partial charge in [0, 0.05) is 13.6 Å². The smallest absolute Gasteiger partial charge is 0.387 e. The Kier molecular flexibility index (Phi) is 5.51. The maximum Gasteiger partial charge on any atom is 0.387 e. The van der Waals surface area contributed by atoms with Crippen LogP contribution >= 0.6 is 0 Å². The normalized spacial score (nSPS) is 10.5. The van der Waals surface area contributed by atoms with Crippen LogP contribution in [-0.2, 0) is 6.54 Å². The summed E-state index contributed by atoms with van der Waals surface area (Å²) in [5.41, 5.74) is 0.604. The number of aromatic nitrogens is 1. The molecule has 0 spiro atoms. The average Bonchev–Trinajstić information content (AvgIpc) is 2.54. The summed E-state index contributed by atoms with van der Waals surface area (Å²) in [5, 5.41) is 8.98. The van der Waals surface area contributed by atoms with Crippen molar-refractivity contribution < 1.29 is 28.2 Å². The zero-order valence-electron chi connectivity index (χ0n) is 13.1. The third-order valence-electron chi connectivity index (χ3n) is 3.21. The number of nitrogens with zero attached hydrogens (tertiary/aromatic N) is 2. The fourth-order valence-corrected chi connectivity index (χ4v) is 2.12. The maximum absolute atomic E-state index is 12.5. The second-order valence-corrected chi connectivity index (χ2v) is 4.91. The summed E-state index contributed by atoms with van der Waals surface area (Å²) in [7, 11) is 3.08. The first-order valence-electron chi connectivity index (χ1n) is 6.94. The van der Waals surface area contributed by atoms with Gasteiger partial charge < -0.3 is 19.5 Å². The minimum atomic E-state index is -2.96. The van der Waals surface area contributed by atoms with Crippen LogP contribution in [0.4, 0.5) is 14.6 Å². The molecule has 0 aliphatic rings. The van der Waals surface area contributed by atoms with Gasteiger partial charge in [0.25, 0.3) is 0 Å². The molecule has 8 heteroatoms. The lowest BCUT2D eigenvalue weighted by Gasteiger charge is -2.19. The molecular formula is C16H16F2N2O4. The standard InChI is InChI=1S/C16H16F2N2O4/c1-20(14-5-3-4-11(19-14)15(21)22)9-10-6-7-12(23-2)13(8-10)24-16(17)18/h3-8,16H,9H2,1-2H3,(H,21,22). The zero-order chi connectivity index (χ0) is 17.7. The molecule has 1 N–H and O–H groups in total. The average molecular weight is 338 g/mol. The SMILES string of the molecule is COc1ccc(CN(C)c2cccc(C(=O)O)n2)cc1OC(F)F. The molecule has 0 aliphatic heterocycles. The quantitative estimate of drug-likeness (QED) is 0.837. The van der Waals surface area contributed by atoms with E-state index in [1.807, 2.05) is 0 Å². The van der Waals surface area contributed by atoms with E-state index in [1.54, 1.807) is 30.1 Å². The maximum atomic E-state index is 12.5. The monoisotopic (exact) mass is 338 g/mol. The molecule has 0 saturated heterocycles. The fraction of sp³-hybridized carbons (Fsp3) is 0.250. The summed E-state index contributed by atoms with van der Waals surface area (Å²) < 4.78 is 34.4. The second-order valence-electron chi connectivity index (χ2n) is 4.91. The molecule has 0 atom stereocenters. The number of carboxylic acid groups (broad SMARTS) is 1. The molecular weight excluding hydrogens is 322 g/mol. The molecule has 2 rings (SSSR count). The molecule has 0 saturated carbocycles. The van der Waals surface area contributed by atoms with E-state index in [9.17, 15) is 13.6 Å². The van der Waals surface area contributed by atoms with Gasteiger partial charge in [-0.1, -0.05) is 12.1 Å². The molecule has 1 aromatic carbocycles. The topological polar surface area (TPSA) is 71.9 Å². The van der Waals surface area contributed by atoms with Gasteiger partial charge in [-0.25, -0.2) is 9.78 Å². The van der Waals surface area contributed by atoms with Gasteiger partial charge in [-0.15, -0.1) is 0 Å². The summed E-state index contributed by atoms with van der Waals surface area (Å²) >= 11 is 0. The van der Waals surface area contributed by atoms with Crippen molar-refractivity contribution in [3.05, 3.63) is 47.7 Å². The molecule has 2 aromatic rings. The number of rotatable bonds is 7. The highest BCUT2D eigenvalue weighted by atomic mass is 19.3. The third kappa shape index (κ3) is 4.31. The predicted molar refractivity (Wildman–Crippen MR) is 82.9 cm³/mol. The Labute approximate surface area is 137 Å². The Hall–Kier alpha value is -2.90. The van der Waals surface area contributed by atoms with Crippen molar-refractivity contribution in [2.24, 2.45) is 0 Å². The predicted octanol–water partition coefficient (Wildman–Crippen LogP) is 3.03. The molecule has 1 heterocycles. The van der Waals surface area contributed by atoms with Gasteiger partial charge in [0.05, 0.1) is 7.11 Å². The van der Waals surface area contributed by atoms with Gasteiger partial charge in [-0.05, 0) is 29.8 Å². The molecule has 0 fully saturated rings. The van der Waals surface area contributed by atoms with Crippen LogP contribution < -0.4 is 14.4 Å². The summed E-state index contributed by atoms with van der Waals surface area (Å²) in [6, 6.07) is 9.31. The van der Waals surface area contributed by atoms with E-state index in [2.05, 4.69) is 9.72 Å². The Morgan fingerprint density at radius 1 is 1.29 bits per heavy atom. The number of carbonyl (C=O) groups is 1. The summed E-state index contributed by atoms with van der Waals surface area (Å²) in [6.45, 7) is -2.64. The number of hydrogen-bond donors (Lipinski definition) is 1. The highest BCUT2D eigenvalue weighted by Crippen LogP contribution is 2.30. The molecule has 24 heavy (non-hydrogen) atoms. The molecule has 6 nitrogen and oxygen atoms in total.